The highest BCUT2D eigenvalue weighted by atomic mass is 35.5. The lowest BCUT2D eigenvalue weighted by Gasteiger charge is -2.16. The Hall–Kier alpha value is -1.40. The monoisotopic (exact) mass is 223 g/mol. The maximum Gasteiger partial charge on any atom is 0.231 e. The molecule has 0 fully saturated rings. The normalized spacial score (nSPS) is 13.7. The van der Waals surface area contributed by atoms with E-state index in [9.17, 15) is 0 Å². The van der Waals surface area contributed by atoms with Crippen LogP contribution in [0.2, 0.25) is 5.02 Å². The summed E-state index contributed by atoms with van der Waals surface area (Å²) in [5.41, 5.74) is 0.254. The van der Waals surface area contributed by atoms with E-state index in [1.54, 1.807) is 12.1 Å². The van der Waals surface area contributed by atoms with Crippen molar-refractivity contribution in [2.24, 2.45) is 0 Å². The fourth-order valence-electron chi connectivity index (χ4n) is 1.39. The zero-order valence-electron chi connectivity index (χ0n) is 8.50. The van der Waals surface area contributed by atoms with Crippen LogP contribution >= 0.6 is 11.6 Å². The Morgan fingerprint density at radius 1 is 1.40 bits per heavy atom. The molecule has 0 aliphatic carbocycles. The average Bonchev–Trinajstić information content (AvgIpc) is 2.66. The second-order valence-electron chi connectivity index (χ2n) is 3.93. The van der Waals surface area contributed by atoms with Crippen LogP contribution in [0.25, 0.3) is 0 Å². The average molecular weight is 224 g/mol. The van der Waals surface area contributed by atoms with Gasteiger partial charge < -0.3 is 9.47 Å². The van der Waals surface area contributed by atoms with E-state index in [1.165, 1.54) is 0 Å². The van der Waals surface area contributed by atoms with Crippen LogP contribution in [0, 0.1) is 11.3 Å². The van der Waals surface area contributed by atoms with Crippen LogP contribution in [-0.2, 0) is 5.41 Å². The second kappa shape index (κ2) is 3.32. The van der Waals surface area contributed by atoms with E-state index in [4.69, 9.17) is 26.3 Å². The molecule has 1 aliphatic rings. The van der Waals surface area contributed by atoms with Crippen LogP contribution < -0.4 is 9.47 Å². The first-order chi connectivity index (χ1) is 7.04. The van der Waals surface area contributed by atoms with Crippen LogP contribution in [-0.4, -0.2) is 6.79 Å². The highest BCUT2D eigenvalue weighted by Gasteiger charge is 2.25. The first-order valence-corrected chi connectivity index (χ1v) is 4.93. The van der Waals surface area contributed by atoms with Gasteiger partial charge in [-0.25, -0.2) is 0 Å². The molecule has 0 aromatic heterocycles. The number of hydrogen-bond donors (Lipinski definition) is 0. The molecule has 1 heterocycles. The number of hydrogen-bond acceptors (Lipinski definition) is 3. The van der Waals surface area contributed by atoms with E-state index in [0.717, 1.165) is 5.56 Å². The summed E-state index contributed by atoms with van der Waals surface area (Å²) in [6, 6.07) is 5.77. The SMILES string of the molecule is CC(C)(C#N)c1cc(Cl)c2c(c1)OCO2. The zero-order valence-corrected chi connectivity index (χ0v) is 9.26. The predicted molar refractivity (Wildman–Crippen MR) is 56.2 cm³/mol. The van der Waals surface area contributed by atoms with Gasteiger partial charge in [-0.05, 0) is 31.5 Å². The van der Waals surface area contributed by atoms with Crippen LogP contribution in [0.3, 0.4) is 0 Å². The summed E-state index contributed by atoms with van der Waals surface area (Å²) < 4.78 is 10.4. The van der Waals surface area contributed by atoms with E-state index >= 15 is 0 Å². The molecule has 2 rings (SSSR count). The molecule has 78 valence electrons. The molecule has 0 N–H and O–H groups in total. The highest BCUT2D eigenvalue weighted by Crippen LogP contribution is 2.42. The minimum Gasteiger partial charge on any atom is -0.454 e. The summed E-state index contributed by atoms with van der Waals surface area (Å²) in [7, 11) is 0. The van der Waals surface area contributed by atoms with E-state index in [0.29, 0.717) is 16.5 Å². The van der Waals surface area contributed by atoms with Crippen LogP contribution in [0.4, 0.5) is 0 Å². The van der Waals surface area contributed by atoms with Gasteiger partial charge in [-0.15, -0.1) is 0 Å². The van der Waals surface area contributed by atoms with Gasteiger partial charge in [-0.3, -0.25) is 0 Å². The van der Waals surface area contributed by atoms with E-state index < -0.39 is 5.41 Å². The quantitative estimate of drug-likeness (QED) is 0.735. The standard InChI is InChI=1S/C11H10ClNO2/c1-11(2,5-13)7-3-8(12)10-9(4-7)14-6-15-10/h3-4H,6H2,1-2H3. The summed E-state index contributed by atoms with van der Waals surface area (Å²) in [6.07, 6.45) is 0. The molecule has 0 unspecified atom stereocenters. The molecule has 0 radical (unpaired) electrons. The molecule has 0 atom stereocenters. The highest BCUT2D eigenvalue weighted by molar-refractivity contribution is 6.32. The van der Waals surface area contributed by atoms with Gasteiger partial charge in [0.05, 0.1) is 16.5 Å². The molecule has 0 spiro atoms. The Bertz CT molecular complexity index is 449. The fraction of sp³-hybridized carbons (Fsp3) is 0.364. The van der Waals surface area contributed by atoms with E-state index in [2.05, 4.69) is 6.07 Å². The molecule has 0 saturated heterocycles. The minimum absolute atomic E-state index is 0.186. The number of ether oxygens (including phenoxy) is 2. The number of halogens is 1. The first kappa shape index (κ1) is 10.1. The Labute approximate surface area is 93.2 Å². The number of fused-ring (bicyclic) bond motifs is 1. The lowest BCUT2D eigenvalue weighted by molar-refractivity contribution is 0.174. The van der Waals surface area contributed by atoms with Crippen molar-refractivity contribution in [2.45, 2.75) is 19.3 Å². The topological polar surface area (TPSA) is 42.2 Å². The molecule has 1 aromatic carbocycles. The Kier molecular flexibility index (Phi) is 2.24. The van der Waals surface area contributed by atoms with Crippen molar-refractivity contribution in [3.05, 3.63) is 22.7 Å². The third kappa shape index (κ3) is 1.62. The Morgan fingerprint density at radius 2 is 2.13 bits per heavy atom. The first-order valence-electron chi connectivity index (χ1n) is 4.55. The molecule has 1 aromatic rings. The predicted octanol–water partition coefficient (Wildman–Crippen LogP) is 2.87. The van der Waals surface area contributed by atoms with Crippen LogP contribution in [0.5, 0.6) is 11.5 Å². The number of rotatable bonds is 1. The van der Waals surface area contributed by atoms with Gasteiger partial charge in [0.1, 0.15) is 0 Å². The maximum atomic E-state index is 9.02. The molecule has 4 heteroatoms. The molecule has 0 saturated carbocycles. The van der Waals surface area contributed by atoms with Crippen molar-refractivity contribution in [3.63, 3.8) is 0 Å². The Morgan fingerprint density at radius 3 is 2.80 bits per heavy atom. The van der Waals surface area contributed by atoms with Gasteiger partial charge >= 0.3 is 0 Å². The van der Waals surface area contributed by atoms with Gasteiger partial charge in [0, 0.05) is 0 Å². The van der Waals surface area contributed by atoms with Crippen LogP contribution in [0.15, 0.2) is 12.1 Å². The Balaban J connectivity index is 2.54. The van der Waals surface area contributed by atoms with Crippen molar-refractivity contribution in [1.82, 2.24) is 0 Å². The molecule has 0 amide bonds. The summed E-state index contributed by atoms with van der Waals surface area (Å²) in [5.74, 6) is 1.18. The summed E-state index contributed by atoms with van der Waals surface area (Å²) in [6.45, 7) is 3.85. The van der Waals surface area contributed by atoms with Gasteiger partial charge in [0.2, 0.25) is 6.79 Å². The maximum absolute atomic E-state index is 9.02. The number of nitrogens with zero attached hydrogens (tertiary/aromatic N) is 1. The van der Waals surface area contributed by atoms with Crippen molar-refractivity contribution >= 4 is 11.6 Å². The third-order valence-corrected chi connectivity index (χ3v) is 2.71. The third-order valence-electron chi connectivity index (χ3n) is 2.43. The zero-order chi connectivity index (χ0) is 11.1. The lowest BCUT2D eigenvalue weighted by atomic mass is 9.86. The minimum atomic E-state index is -0.579. The van der Waals surface area contributed by atoms with Crippen molar-refractivity contribution in [2.75, 3.05) is 6.79 Å². The fourth-order valence-corrected chi connectivity index (χ4v) is 1.66. The molecule has 3 nitrogen and oxygen atoms in total. The molecular weight excluding hydrogens is 214 g/mol. The molecular formula is C11H10ClNO2. The van der Waals surface area contributed by atoms with E-state index in [1.807, 2.05) is 13.8 Å². The van der Waals surface area contributed by atoms with Gasteiger partial charge in [-0.2, -0.15) is 5.26 Å². The molecule has 15 heavy (non-hydrogen) atoms. The number of benzene rings is 1. The lowest BCUT2D eigenvalue weighted by Crippen LogP contribution is -2.13. The van der Waals surface area contributed by atoms with Crippen molar-refractivity contribution in [1.29, 1.82) is 5.26 Å². The summed E-state index contributed by atoms with van der Waals surface area (Å²) in [5, 5.41) is 9.51. The largest absolute Gasteiger partial charge is 0.454 e. The van der Waals surface area contributed by atoms with Crippen molar-refractivity contribution < 1.29 is 9.47 Å². The van der Waals surface area contributed by atoms with Crippen molar-refractivity contribution in [3.8, 4) is 17.6 Å². The summed E-state index contributed by atoms with van der Waals surface area (Å²) >= 11 is 6.02. The second-order valence-corrected chi connectivity index (χ2v) is 4.34. The van der Waals surface area contributed by atoms with Gasteiger partial charge in [0.15, 0.2) is 11.5 Å². The van der Waals surface area contributed by atoms with Crippen LogP contribution in [0.1, 0.15) is 19.4 Å². The molecule has 1 aliphatic heterocycles. The smallest absolute Gasteiger partial charge is 0.231 e. The van der Waals surface area contributed by atoms with E-state index in [-0.39, 0.29) is 6.79 Å². The van der Waals surface area contributed by atoms with Gasteiger partial charge in [-0.1, -0.05) is 11.6 Å². The molecule has 0 bridgehead atoms. The number of nitriles is 1. The summed E-state index contributed by atoms with van der Waals surface area (Å²) in [4.78, 5) is 0. The van der Waals surface area contributed by atoms with Gasteiger partial charge in [0.25, 0.3) is 0 Å².